The van der Waals surface area contributed by atoms with E-state index in [1.165, 1.54) is 0 Å². The summed E-state index contributed by atoms with van der Waals surface area (Å²) in [6.07, 6.45) is 8.19. The van der Waals surface area contributed by atoms with E-state index in [0.717, 1.165) is 13.0 Å². The molecule has 16 heavy (non-hydrogen) atoms. The van der Waals surface area contributed by atoms with Crippen molar-refractivity contribution < 1.29 is 0 Å². The molecule has 1 aromatic heterocycles. The Morgan fingerprint density at radius 2 is 2.44 bits per heavy atom. The number of aromatic nitrogens is 2. The zero-order valence-electron chi connectivity index (χ0n) is 9.17. The Kier molecular flexibility index (Phi) is 8.59. The van der Waals surface area contributed by atoms with E-state index >= 15 is 0 Å². The van der Waals surface area contributed by atoms with E-state index in [-0.39, 0.29) is 24.0 Å². The van der Waals surface area contributed by atoms with Crippen molar-refractivity contribution in [2.24, 2.45) is 10.7 Å². The summed E-state index contributed by atoms with van der Waals surface area (Å²) in [6.45, 7) is 5.86. The van der Waals surface area contributed by atoms with Crippen LogP contribution in [-0.2, 0) is 6.54 Å². The fourth-order valence-electron chi connectivity index (χ4n) is 1.10. The number of nitrogens with zero attached hydrogens (tertiary/aromatic N) is 3. The lowest BCUT2D eigenvalue weighted by atomic mass is 10.4. The van der Waals surface area contributed by atoms with Crippen LogP contribution < -0.4 is 11.1 Å². The monoisotopic (exact) mass is 335 g/mol. The minimum atomic E-state index is 0. The van der Waals surface area contributed by atoms with Crippen LogP contribution in [0, 0.1) is 0 Å². The maximum Gasteiger partial charge on any atom is 0.188 e. The topological polar surface area (TPSA) is 68.2 Å². The van der Waals surface area contributed by atoms with Gasteiger partial charge in [-0.2, -0.15) is 0 Å². The number of aliphatic imine (C=N–C) groups is 1. The van der Waals surface area contributed by atoms with Crippen molar-refractivity contribution in [3.05, 3.63) is 31.4 Å². The molecule has 0 fully saturated rings. The highest BCUT2D eigenvalue weighted by Gasteiger charge is 1.90. The van der Waals surface area contributed by atoms with E-state index < -0.39 is 0 Å². The van der Waals surface area contributed by atoms with Gasteiger partial charge in [-0.15, -0.1) is 30.6 Å². The van der Waals surface area contributed by atoms with E-state index in [1.807, 2.05) is 10.8 Å². The van der Waals surface area contributed by atoms with Gasteiger partial charge in [-0.3, -0.25) is 4.99 Å². The summed E-state index contributed by atoms with van der Waals surface area (Å²) in [5.74, 6) is 0.473. The summed E-state index contributed by atoms with van der Waals surface area (Å²) in [5.41, 5.74) is 5.59. The Morgan fingerprint density at radius 3 is 3.06 bits per heavy atom. The Balaban J connectivity index is 0.00000225. The van der Waals surface area contributed by atoms with Crippen LogP contribution in [0.5, 0.6) is 0 Å². The molecule has 0 aromatic carbocycles. The highest BCUT2D eigenvalue weighted by atomic mass is 127. The van der Waals surface area contributed by atoms with Gasteiger partial charge in [0.1, 0.15) is 0 Å². The maximum absolute atomic E-state index is 5.59. The van der Waals surface area contributed by atoms with Crippen LogP contribution in [-0.4, -0.2) is 28.6 Å². The summed E-state index contributed by atoms with van der Waals surface area (Å²) in [4.78, 5) is 8.12. The molecule has 0 spiro atoms. The molecule has 90 valence electrons. The van der Waals surface area contributed by atoms with Gasteiger partial charge in [0, 0.05) is 32.0 Å². The van der Waals surface area contributed by atoms with Crippen LogP contribution in [0.2, 0.25) is 0 Å². The van der Waals surface area contributed by atoms with Gasteiger partial charge in [-0.05, 0) is 6.42 Å². The number of rotatable bonds is 6. The van der Waals surface area contributed by atoms with Gasteiger partial charge in [0.25, 0.3) is 0 Å². The number of imidazole rings is 1. The number of hydrogen-bond donors (Lipinski definition) is 2. The quantitative estimate of drug-likeness (QED) is 0.268. The van der Waals surface area contributed by atoms with E-state index in [2.05, 4.69) is 21.9 Å². The Hall–Kier alpha value is -1.05. The molecule has 0 saturated heterocycles. The molecule has 0 aliphatic heterocycles. The Labute approximate surface area is 113 Å². The molecule has 1 heterocycles. The first kappa shape index (κ1) is 14.9. The molecule has 0 unspecified atom stereocenters. The molecule has 0 amide bonds. The van der Waals surface area contributed by atoms with E-state index in [9.17, 15) is 0 Å². The predicted molar refractivity (Wildman–Crippen MR) is 76.9 cm³/mol. The van der Waals surface area contributed by atoms with Crippen LogP contribution >= 0.6 is 24.0 Å². The lowest BCUT2D eigenvalue weighted by molar-refractivity contribution is 0.649. The molecule has 5 nitrogen and oxygen atoms in total. The average molecular weight is 335 g/mol. The molecule has 1 aromatic rings. The molecule has 0 bridgehead atoms. The molecule has 6 heteroatoms. The number of nitrogens with two attached hydrogens (primary N) is 1. The summed E-state index contributed by atoms with van der Waals surface area (Å²) in [6, 6.07) is 0. The van der Waals surface area contributed by atoms with Gasteiger partial charge in [-0.1, -0.05) is 6.08 Å². The number of nitrogens with one attached hydrogen (secondary N) is 1. The van der Waals surface area contributed by atoms with Crippen LogP contribution in [0.1, 0.15) is 6.42 Å². The average Bonchev–Trinajstić information content (AvgIpc) is 2.74. The largest absolute Gasteiger partial charge is 0.370 e. The second-order valence-corrected chi connectivity index (χ2v) is 3.09. The summed E-state index contributed by atoms with van der Waals surface area (Å²) < 4.78 is 2.02. The van der Waals surface area contributed by atoms with Crippen LogP contribution in [0.3, 0.4) is 0 Å². The predicted octanol–water partition coefficient (Wildman–Crippen LogP) is 0.981. The van der Waals surface area contributed by atoms with Crippen LogP contribution in [0.4, 0.5) is 0 Å². The molecule has 0 saturated carbocycles. The van der Waals surface area contributed by atoms with E-state index in [0.29, 0.717) is 19.0 Å². The second-order valence-electron chi connectivity index (χ2n) is 3.09. The standard InChI is InChI=1S/C10H17N5.HI/c1-2-4-13-10(11)14-5-3-7-15-8-6-12-9-15;/h2,6,8-9H,1,3-5,7H2,(H3,11,13,14);1H. The summed E-state index contributed by atoms with van der Waals surface area (Å²) in [7, 11) is 0. The van der Waals surface area contributed by atoms with Crippen LogP contribution in [0.25, 0.3) is 0 Å². The number of halogens is 1. The van der Waals surface area contributed by atoms with Crippen molar-refractivity contribution in [1.82, 2.24) is 14.9 Å². The van der Waals surface area contributed by atoms with Gasteiger partial charge in [0.15, 0.2) is 5.96 Å². The number of aryl methyl sites for hydroxylation is 1. The number of guanidine groups is 1. The third kappa shape index (κ3) is 6.44. The highest BCUT2D eigenvalue weighted by molar-refractivity contribution is 14.0. The summed E-state index contributed by atoms with van der Waals surface area (Å²) in [5, 5.41) is 2.92. The fraction of sp³-hybridized carbons (Fsp3) is 0.400. The molecular weight excluding hydrogens is 317 g/mol. The molecular formula is C10H18IN5. The van der Waals surface area contributed by atoms with Gasteiger partial charge < -0.3 is 15.6 Å². The van der Waals surface area contributed by atoms with E-state index in [1.54, 1.807) is 18.6 Å². The van der Waals surface area contributed by atoms with Gasteiger partial charge >= 0.3 is 0 Å². The second kappa shape index (κ2) is 9.20. The first-order valence-corrected chi connectivity index (χ1v) is 4.93. The van der Waals surface area contributed by atoms with Gasteiger partial charge in [0.05, 0.1) is 6.33 Å². The molecule has 0 atom stereocenters. The molecule has 1 rings (SSSR count). The first-order chi connectivity index (χ1) is 7.33. The van der Waals surface area contributed by atoms with E-state index in [4.69, 9.17) is 5.73 Å². The molecule has 3 N–H and O–H groups in total. The normalized spacial score (nSPS) is 10.6. The first-order valence-electron chi connectivity index (χ1n) is 4.93. The van der Waals surface area contributed by atoms with Crippen molar-refractivity contribution in [1.29, 1.82) is 0 Å². The Morgan fingerprint density at radius 1 is 1.62 bits per heavy atom. The Bertz CT molecular complexity index is 307. The maximum atomic E-state index is 5.59. The molecule has 0 aliphatic rings. The molecule has 0 aliphatic carbocycles. The summed E-state index contributed by atoms with van der Waals surface area (Å²) >= 11 is 0. The SMILES string of the molecule is C=CCNC(N)=NCCCn1ccnc1.I. The lowest BCUT2D eigenvalue weighted by Gasteiger charge is -2.02. The van der Waals surface area contributed by atoms with Crippen molar-refractivity contribution in [2.45, 2.75) is 13.0 Å². The number of hydrogen-bond acceptors (Lipinski definition) is 2. The van der Waals surface area contributed by atoms with Crippen molar-refractivity contribution >= 4 is 29.9 Å². The van der Waals surface area contributed by atoms with Crippen molar-refractivity contribution in [3.63, 3.8) is 0 Å². The van der Waals surface area contributed by atoms with Crippen molar-refractivity contribution in [3.8, 4) is 0 Å². The zero-order chi connectivity index (χ0) is 10.9. The fourth-order valence-corrected chi connectivity index (χ4v) is 1.10. The minimum absolute atomic E-state index is 0. The zero-order valence-corrected chi connectivity index (χ0v) is 11.5. The molecule has 0 radical (unpaired) electrons. The lowest BCUT2D eigenvalue weighted by Crippen LogP contribution is -2.31. The van der Waals surface area contributed by atoms with Gasteiger partial charge in [0.2, 0.25) is 0 Å². The van der Waals surface area contributed by atoms with Crippen LogP contribution in [0.15, 0.2) is 36.4 Å². The highest BCUT2D eigenvalue weighted by Crippen LogP contribution is 1.90. The smallest absolute Gasteiger partial charge is 0.188 e. The minimum Gasteiger partial charge on any atom is -0.370 e. The van der Waals surface area contributed by atoms with Crippen molar-refractivity contribution in [2.75, 3.05) is 13.1 Å². The van der Waals surface area contributed by atoms with Gasteiger partial charge in [-0.25, -0.2) is 4.98 Å². The third-order valence-electron chi connectivity index (χ3n) is 1.84. The third-order valence-corrected chi connectivity index (χ3v) is 1.84.